The van der Waals surface area contributed by atoms with Crippen LogP contribution in [-0.2, 0) is 4.79 Å². The molecular formula is C15H22N2O. The molecule has 0 aromatic heterocycles. The molecular weight excluding hydrogens is 224 g/mol. The number of carbonyl (C=O) groups excluding carboxylic acids is 1. The molecule has 1 rings (SSSR count). The largest absolute Gasteiger partial charge is 0.351 e. The average Bonchev–Trinajstić information content (AvgIpc) is 2.42. The Hall–Kier alpha value is -1.61. The van der Waals surface area contributed by atoms with E-state index in [9.17, 15) is 4.79 Å². The molecule has 0 aliphatic carbocycles. The lowest BCUT2D eigenvalue weighted by atomic mass is 10.0. The van der Waals surface area contributed by atoms with E-state index < -0.39 is 0 Å². The lowest BCUT2D eigenvalue weighted by Gasteiger charge is -2.17. The molecule has 0 bridgehead atoms. The van der Waals surface area contributed by atoms with E-state index in [0.29, 0.717) is 12.5 Å². The van der Waals surface area contributed by atoms with E-state index in [2.05, 4.69) is 36.3 Å². The monoisotopic (exact) mass is 246 g/mol. The van der Waals surface area contributed by atoms with Gasteiger partial charge in [0.1, 0.15) is 0 Å². The van der Waals surface area contributed by atoms with Gasteiger partial charge in [0.25, 0.3) is 0 Å². The Morgan fingerprint density at radius 2 is 2.00 bits per heavy atom. The van der Waals surface area contributed by atoms with Crippen LogP contribution in [0.4, 0.5) is 0 Å². The second kappa shape index (κ2) is 7.67. The van der Waals surface area contributed by atoms with Crippen molar-refractivity contribution in [2.24, 2.45) is 0 Å². The van der Waals surface area contributed by atoms with Crippen molar-refractivity contribution < 1.29 is 4.79 Å². The summed E-state index contributed by atoms with van der Waals surface area (Å²) in [6, 6.07) is 10.1. The van der Waals surface area contributed by atoms with E-state index >= 15 is 0 Å². The third-order valence-corrected chi connectivity index (χ3v) is 2.91. The Bertz CT molecular complexity index is 375. The van der Waals surface area contributed by atoms with Crippen LogP contribution in [0.3, 0.4) is 0 Å². The van der Waals surface area contributed by atoms with Gasteiger partial charge in [-0.05, 0) is 18.4 Å². The predicted octanol–water partition coefficient (Wildman–Crippen LogP) is 2.07. The average molecular weight is 246 g/mol. The minimum atomic E-state index is -0.184. The summed E-state index contributed by atoms with van der Waals surface area (Å²) in [5, 5.41) is 6.02. The van der Waals surface area contributed by atoms with Gasteiger partial charge in [-0.3, -0.25) is 4.79 Å². The van der Waals surface area contributed by atoms with Gasteiger partial charge in [0.2, 0.25) is 5.91 Å². The molecule has 0 aliphatic heterocycles. The molecule has 1 amide bonds. The summed E-state index contributed by atoms with van der Waals surface area (Å²) < 4.78 is 0. The molecule has 3 heteroatoms. The molecule has 0 radical (unpaired) electrons. The summed E-state index contributed by atoms with van der Waals surface area (Å²) in [5.74, 6) is 0.399. The Balaban J connectivity index is 2.36. The smallest absolute Gasteiger partial charge is 0.237 e. The molecule has 2 N–H and O–H groups in total. The molecule has 2 atom stereocenters. The fourth-order valence-electron chi connectivity index (χ4n) is 1.67. The Labute approximate surface area is 109 Å². The van der Waals surface area contributed by atoms with Gasteiger partial charge in [0.05, 0.1) is 6.04 Å². The number of benzene rings is 1. The van der Waals surface area contributed by atoms with Crippen molar-refractivity contribution in [1.82, 2.24) is 10.6 Å². The Morgan fingerprint density at radius 3 is 2.61 bits per heavy atom. The van der Waals surface area contributed by atoms with E-state index in [1.165, 1.54) is 5.56 Å². The molecule has 3 nitrogen and oxygen atoms in total. The van der Waals surface area contributed by atoms with Crippen molar-refractivity contribution in [3.8, 4) is 0 Å². The number of amides is 1. The molecule has 1 aromatic rings. The topological polar surface area (TPSA) is 41.1 Å². The van der Waals surface area contributed by atoms with Crippen LogP contribution in [-0.4, -0.2) is 25.0 Å². The maximum atomic E-state index is 11.6. The van der Waals surface area contributed by atoms with Crippen LogP contribution in [0.1, 0.15) is 25.3 Å². The van der Waals surface area contributed by atoms with Gasteiger partial charge in [-0.15, -0.1) is 6.58 Å². The fourth-order valence-corrected chi connectivity index (χ4v) is 1.67. The molecule has 18 heavy (non-hydrogen) atoms. The number of nitrogens with one attached hydrogen (secondary N) is 2. The summed E-state index contributed by atoms with van der Waals surface area (Å²) in [4.78, 5) is 11.6. The summed E-state index contributed by atoms with van der Waals surface area (Å²) in [6.45, 7) is 8.89. The highest BCUT2D eigenvalue weighted by Crippen LogP contribution is 2.13. The quantitative estimate of drug-likeness (QED) is 0.723. The van der Waals surface area contributed by atoms with Crippen molar-refractivity contribution in [2.45, 2.75) is 25.8 Å². The van der Waals surface area contributed by atoms with Crippen molar-refractivity contribution in [3.05, 3.63) is 48.6 Å². The van der Waals surface area contributed by atoms with Crippen LogP contribution in [0.5, 0.6) is 0 Å². The molecule has 0 saturated carbocycles. The summed E-state index contributed by atoms with van der Waals surface area (Å²) in [5.41, 5.74) is 1.28. The lowest BCUT2D eigenvalue weighted by Crippen LogP contribution is -2.43. The zero-order chi connectivity index (χ0) is 13.4. The second-order valence-corrected chi connectivity index (χ2v) is 4.48. The molecule has 0 aliphatic rings. The van der Waals surface area contributed by atoms with Crippen molar-refractivity contribution in [3.63, 3.8) is 0 Å². The first-order valence-electron chi connectivity index (χ1n) is 6.32. The van der Waals surface area contributed by atoms with E-state index in [4.69, 9.17) is 0 Å². The zero-order valence-corrected chi connectivity index (χ0v) is 11.1. The van der Waals surface area contributed by atoms with E-state index in [0.717, 1.165) is 6.54 Å². The summed E-state index contributed by atoms with van der Waals surface area (Å²) in [6.07, 6.45) is 1.68. The van der Waals surface area contributed by atoms with Crippen LogP contribution in [0.2, 0.25) is 0 Å². The number of hydrogen-bond donors (Lipinski definition) is 2. The van der Waals surface area contributed by atoms with E-state index in [1.54, 1.807) is 6.08 Å². The third kappa shape index (κ3) is 4.72. The highest BCUT2D eigenvalue weighted by Gasteiger charge is 2.12. The first-order chi connectivity index (χ1) is 8.65. The lowest BCUT2D eigenvalue weighted by molar-refractivity contribution is -0.122. The SMILES string of the molecule is C=CCNC(=O)C(C)NCC(C)c1ccccc1. The van der Waals surface area contributed by atoms with Gasteiger partial charge >= 0.3 is 0 Å². The first kappa shape index (κ1) is 14.5. The van der Waals surface area contributed by atoms with Gasteiger partial charge < -0.3 is 10.6 Å². The van der Waals surface area contributed by atoms with E-state index in [1.807, 2.05) is 25.1 Å². The maximum Gasteiger partial charge on any atom is 0.237 e. The van der Waals surface area contributed by atoms with Gasteiger partial charge in [-0.1, -0.05) is 43.3 Å². The molecule has 0 fully saturated rings. The molecule has 0 saturated heterocycles. The summed E-state index contributed by atoms with van der Waals surface area (Å²) in [7, 11) is 0. The molecule has 98 valence electrons. The number of rotatable bonds is 7. The van der Waals surface area contributed by atoms with Crippen molar-refractivity contribution in [2.75, 3.05) is 13.1 Å². The summed E-state index contributed by atoms with van der Waals surface area (Å²) >= 11 is 0. The van der Waals surface area contributed by atoms with Crippen molar-refractivity contribution in [1.29, 1.82) is 0 Å². The van der Waals surface area contributed by atoms with Gasteiger partial charge in [0.15, 0.2) is 0 Å². The van der Waals surface area contributed by atoms with Crippen LogP contribution in [0, 0.1) is 0 Å². The van der Waals surface area contributed by atoms with Crippen LogP contribution < -0.4 is 10.6 Å². The maximum absolute atomic E-state index is 11.6. The second-order valence-electron chi connectivity index (χ2n) is 4.48. The van der Waals surface area contributed by atoms with Gasteiger partial charge in [0, 0.05) is 13.1 Å². The molecule has 2 unspecified atom stereocenters. The fraction of sp³-hybridized carbons (Fsp3) is 0.400. The normalized spacial score (nSPS) is 13.7. The third-order valence-electron chi connectivity index (χ3n) is 2.91. The van der Waals surface area contributed by atoms with Crippen LogP contribution >= 0.6 is 0 Å². The number of carbonyl (C=O) groups is 1. The van der Waals surface area contributed by atoms with Gasteiger partial charge in [-0.25, -0.2) is 0 Å². The Kier molecular flexibility index (Phi) is 6.15. The Morgan fingerprint density at radius 1 is 1.33 bits per heavy atom. The van der Waals surface area contributed by atoms with E-state index in [-0.39, 0.29) is 11.9 Å². The molecule has 0 spiro atoms. The standard InChI is InChI=1S/C15H22N2O/c1-4-10-16-15(18)13(3)17-11-12(2)14-8-6-5-7-9-14/h4-9,12-13,17H,1,10-11H2,2-3H3,(H,16,18). The minimum absolute atomic E-state index is 0.00941. The number of hydrogen-bond acceptors (Lipinski definition) is 2. The highest BCUT2D eigenvalue weighted by atomic mass is 16.2. The minimum Gasteiger partial charge on any atom is -0.351 e. The molecule has 1 aromatic carbocycles. The van der Waals surface area contributed by atoms with Crippen LogP contribution in [0.25, 0.3) is 0 Å². The molecule has 0 heterocycles. The van der Waals surface area contributed by atoms with Gasteiger partial charge in [-0.2, -0.15) is 0 Å². The van der Waals surface area contributed by atoms with Crippen LogP contribution in [0.15, 0.2) is 43.0 Å². The first-order valence-corrected chi connectivity index (χ1v) is 6.32. The zero-order valence-electron chi connectivity index (χ0n) is 11.1. The highest BCUT2D eigenvalue weighted by molar-refractivity contribution is 5.81. The predicted molar refractivity (Wildman–Crippen MR) is 75.5 cm³/mol. The van der Waals surface area contributed by atoms with Crippen molar-refractivity contribution >= 4 is 5.91 Å².